The summed E-state index contributed by atoms with van der Waals surface area (Å²) in [5.74, 6) is -1.37. The van der Waals surface area contributed by atoms with E-state index < -0.39 is 29.0 Å². The van der Waals surface area contributed by atoms with Crippen molar-refractivity contribution >= 4 is 18.0 Å². The van der Waals surface area contributed by atoms with E-state index in [0.717, 1.165) is 35.1 Å². The molecule has 7 nitrogen and oxygen atoms in total. The molecule has 2 aliphatic rings. The van der Waals surface area contributed by atoms with Gasteiger partial charge >= 0.3 is 12.1 Å². The lowest BCUT2D eigenvalue weighted by atomic mass is 9.75. The quantitative estimate of drug-likeness (QED) is 0.622. The van der Waals surface area contributed by atoms with Gasteiger partial charge in [-0.05, 0) is 54.9 Å². The van der Waals surface area contributed by atoms with Gasteiger partial charge in [0.05, 0.1) is 0 Å². The second-order valence-corrected chi connectivity index (χ2v) is 10.5. The molecule has 2 aromatic rings. The Labute approximate surface area is 206 Å². The minimum atomic E-state index is -1.41. The van der Waals surface area contributed by atoms with Gasteiger partial charge in [-0.15, -0.1) is 0 Å². The first-order chi connectivity index (χ1) is 16.6. The van der Waals surface area contributed by atoms with Crippen LogP contribution in [0.3, 0.4) is 0 Å². The van der Waals surface area contributed by atoms with Crippen molar-refractivity contribution in [3.8, 4) is 11.1 Å². The monoisotopic (exact) mass is 478 g/mol. The summed E-state index contributed by atoms with van der Waals surface area (Å²) < 4.78 is 5.73. The van der Waals surface area contributed by atoms with Crippen LogP contribution in [0.5, 0.6) is 0 Å². The molecule has 0 radical (unpaired) electrons. The van der Waals surface area contributed by atoms with Gasteiger partial charge in [0, 0.05) is 13.0 Å². The van der Waals surface area contributed by atoms with E-state index in [-0.39, 0.29) is 18.4 Å². The first-order valence-corrected chi connectivity index (χ1v) is 12.2. The van der Waals surface area contributed by atoms with Crippen LogP contribution in [0, 0.1) is 5.92 Å². The van der Waals surface area contributed by atoms with Crippen LogP contribution in [0.4, 0.5) is 4.79 Å². The fraction of sp³-hybridized carbons (Fsp3) is 0.464. The van der Waals surface area contributed by atoms with Gasteiger partial charge in [0.1, 0.15) is 17.7 Å². The summed E-state index contributed by atoms with van der Waals surface area (Å²) in [5.41, 5.74) is 1.91. The number of rotatable bonds is 6. The van der Waals surface area contributed by atoms with Crippen LogP contribution in [0.15, 0.2) is 48.5 Å². The van der Waals surface area contributed by atoms with Crippen molar-refractivity contribution in [3.63, 3.8) is 0 Å². The summed E-state index contributed by atoms with van der Waals surface area (Å²) >= 11 is 0. The Morgan fingerprint density at radius 1 is 1.09 bits per heavy atom. The van der Waals surface area contributed by atoms with Gasteiger partial charge in [0.25, 0.3) is 0 Å². The summed E-state index contributed by atoms with van der Waals surface area (Å²) in [4.78, 5) is 39.7. The Morgan fingerprint density at radius 3 is 2.20 bits per heavy atom. The number of hydrogen-bond donors (Lipinski definition) is 2. The van der Waals surface area contributed by atoms with Crippen LogP contribution < -0.4 is 5.32 Å². The molecule has 2 amide bonds. The molecule has 0 bridgehead atoms. The number of aliphatic carboxylic acids is 1. The molecular formula is C28H34N2O5. The minimum absolute atomic E-state index is 0.0845. The molecular weight excluding hydrogens is 444 g/mol. The zero-order valence-corrected chi connectivity index (χ0v) is 20.8. The molecule has 2 aromatic carbocycles. The summed E-state index contributed by atoms with van der Waals surface area (Å²) in [6.07, 6.45) is 1.94. The first kappa shape index (κ1) is 24.8. The Kier molecular flexibility index (Phi) is 6.62. The van der Waals surface area contributed by atoms with Crippen molar-refractivity contribution in [3.05, 3.63) is 59.7 Å². The fourth-order valence-corrected chi connectivity index (χ4v) is 5.46. The molecule has 0 heterocycles. The highest BCUT2D eigenvalue weighted by Gasteiger charge is 2.49. The number of fused-ring (bicyclic) bond motifs is 3. The third-order valence-corrected chi connectivity index (χ3v) is 7.76. The van der Waals surface area contributed by atoms with Crippen molar-refractivity contribution in [2.75, 3.05) is 13.7 Å². The topological polar surface area (TPSA) is 95.9 Å². The maximum atomic E-state index is 13.6. The maximum absolute atomic E-state index is 13.6. The Bertz CT molecular complexity index is 1100. The molecule has 0 aromatic heterocycles. The van der Waals surface area contributed by atoms with Gasteiger partial charge in [0.2, 0.25) is 5.91 Å². The largest absolute Gasteiger partial charge is 0.480 e. The van der Waals surface area contributed by atoms with Gasteiger partial charge in [0.15, 0.2) is 0 Å². The Morgan fingerprint density at radius 2 is 1.66 bits per heavy atom. The van der Waals surface area contributed by atoms with Crippen molar-refractivity contribution in [2.24, 2.45) is 5.92 Å². The number of likely N-dealkylation sites (N-methyl/N-ethyl adjacent to an activating group) is 1. The van der Waals surface area contributed by atoms with E-state index in [1.54, 1.807) is 0 Å². The highest BCUT2D eigenvalue weighted by molar-refractivity contribution is 5.94. The fourth-order valence-electron chi connectivity index (χ4n) is 5.46. The SMILES string of the molecule is CC1CCCC(NC(=O)OCC2c3ccccc3-c3ccccc32)(C(=O)N(C)C(C)(C)C(=O)O)C1. The van der Waals surface area contributed by atoms with Gasteiger partial charge < -0.3 is 20.1 Å². The van der Waals surface area contributed by atoms with Gasteiger partial charge in [-0.1, -0.05) is 68.3 Å². The number of amides is 2. The van der Waals surface area contributed by atoms with E-state index in [1.165, 1.54) is 25.8 Å². The average Bonchev–Trinajstić information content (AvgIpc) is 3.15. The maximum Gasteiger partial charge on any atom is 0.408 e. The molecule has 1 saturated carbocycles. The van der Waals surface area contributed by atoms with Gasteiger partial charge in [-0.2, -0.15) is 0 Å². The van der Waals surface area contributed by atoms with E-state index in [2.05, 4.69) is 29.6 Å². The molecule has 0 spiro atoms. The van der Waals surface area contributed by atoms with E-state index >= 15 is 0 Å². The zero-order valence-electron chi connectivity index (χ0n) is 20.8. The predicted octanol–water partition coefficient (Wildman–Crippen LogP) is 4.80. The highest BCUT2D eigenvalue weighted by atomic mass is 16.5. The number of alkyl carbamates (subject to hydrolysis) is 1. The number of carbonyl (C=O) groups is 3. The number of carboxylic acid groups (broad SMARTS) is 1. The van der Waals surface area contributed by atoms with E-state index in [4.69, 9.17) is 4.74 Å². The van der Waals surface area contributed by atoms with Gasteiger partial charge in [-0.3, -0.25) is 4.79 Å². The molecule has 1 fully saturated rings. The number of benzene rings is 2. The lowest BCUT2D eigenvalue weighted by Gasteiger charge is -2.44. The number of carbonyl (C=O) groups excluding carboxylic acids is 2. The van der Waals surface area contributed by atoms with Crippen LogP contribution in [-0.2, 0) is 14.3 Å². The van der Waals surface area contributed by atoms with Crippen LogP contribution in [0.1, 0.15) is 63.5 Å². The van der Waals surface area contributed by atoms with Crippen molar-refractivity contribution in [1.82, 2.24) is 10.2 Å². The van der Waals surface area contributed by atoms with E-state index in [9.17, 15) is 19.5 Å². The standard InChI is InChI=1S/C28H34N2O5/c1-18-10-9-15-28(16-18,24(31)30(4)27(2,3)25(32)33)29-26(34)35-17-23-21-13-7-5-11-19(21)20-12-6-8-14-22(20)23/h5-8,11-14,18,23H,9-10,15-17H2,1-4H3,(H,29,34)(H,32,33). The first-order valence-electron chi connectivity index (χ1n) is 12.2. The molecule has 2 unspecified atom stereocenters. The Balaban J connectivity index is 1.53. The van der Waals surface area contributed by atoms with Crippen molar-refractivity contribution in [2.45, 2.75) is 63.5 Å². The average molecular weight is 479 g/mol. The molecule has 2 N–H and O–H groups in total. The highest BCUT2D eigenvalue weighted by Crippen LogP contribution is 2.44. The molecule has 35 heavy (non-hydrogen) atoms. The van der Waals surface area contributed by atoms with Crippen LogP contribution in [-0.4, -0.2) is 52.7 Å². The second-order valence-electron chi connectivity index (χ2n) is 10.5. The number of nitrogens with one attached hydrogen (secondary N) is 1. The summed E-state index contributed by atoms with van der Waals surface area (Å²) in [7, 11) is 1.48. The molecule has 7 heteroatoms. The molecule has 0 aliphatic heterocycles. The summed E-state index contributed by atoms with van der Waals surface area (Å²) in [6.45, 7) is 5.17. The second kappa shape index (κ2) is 9.36. The number of carboxylic acids is 1. The molecule has 2 atom stereocenters. The molecule has 186 valence electrons. The third-order valence-electron chi connectivity index (χ3n) is 7.76. The third kappa shape index (κ3) is 4.51. The number of nitrogens with zero attached hydrogens (tertiary/aromatic N) is 1. The minimum Gasteiger partial charge on any atom is -0.480 e. The smallest absolute Gasteiger partial charge is 0.408 e. The normalized spacial score (nSPS) is 21.5. The number of ether oxygens (including phenoxy) is 1. The lowest BCUT2D eigenvalue weighted by molar-refractivity contribution is -0.159. The molecule has 2 aliphatic carbocycles. The van der Waals surface area contributed by atoms with Crippen molar-refractivity contribution < 1.29 is 24.2 Å². The summed E-state index contributed by atoms with van der Waals surface area (Å²) in [6, 6.07) is 16.2. The molecule has 0 saturated heterocycles. The van der Waals surface area contributed by atoms with Crippen molar-refractivity contribution in [1.29, 1.82) is 0 Å². The summed E-state index contributed by atoms with van der Waals surface area (Å²) in [5, 5.41) is 12.5. The van der Waals surface area contributed by atoms with Crippen LogP contribution >= 0.6 is 0 Å². The van der Waals surface area contributed by atoms with Gasteiger partial charge in [-0.25, -0.2) is 9.59 Å². The van der Waals surface area contributed by atoms with E-state index in [1.807, 2.05) is 31.2 Å². The lowest BCUT2D eigenvalue weighted by Crippen LogP contribution is -2.65. The molecule has 4 rings (SSSR count). The zero-order chi connectivity index (χ0) is 25.4. The Hall–Kier alpha value is -3.35. The van der Waals surface area contributed by atoms with E-state index in [0.29, 0.717) is 12.8 Å². The van der Waals surface area contributed by atoms with Crippen LogP contribution in [0.2, 0.25) is 0 Å². The predicted molar refractivity (Wildman–Crippen MR) is 133 cm³/mol. The number of hydrogen-bond acceptors (Lipinski definition) is 4. The van der Waals surface area contributed by atoms with Crippen LogP contribution in [0.25, 0.3) is 11.1 Å².